The monoisotopic (exact) mass is 356 g/mol. The van der Waals surface area contributed by atoms with Gasteiger partial charge >= 0.3 is 0 Å². The van der Waals surface area contributed by atoms with Crippen molar-refractivity contribution in [2.45, 2.75) is 6.54 Å². The smallest absolute Gasteiger partial charge is 0.269 e. The molecule has 6 nitrogen and oxygen atoms in total. The van der Waals surface area contributed by atoms with Gasteiger partial charge in [0, 0.05) is 5.56 Å². The van der Waals surface area contributed by atoms with E-state index in [1.807, 2.05) is 0 Å². The van der Waals surface area contributed by atoms with Crippen LogP contribution in [0.15, 0.2) is 54.9 Å². The molecular weight excluding hydrogens is 342 g/mol. The minimum absolute atomic E-state index is 0.00643. The van der Waals surface area contributed by atoms with Gasteiger partial charge in [-0.3, -0.25) is 9.59 Å². The molecule has 0 aliphatic carbocycles. The van der Waals surface area contributed by atoms with Crippen LogP contribution >= 0.6 is 0 Å². The number of hydrogen-bond acceptors (Lipinski definition) is 3. The van der Waals surface area contributed by atoms with E-state index in [9.17, 15) is 18.4 Å². The second-order valence-corrected chi connectivity index (χ2v) is 5.46. The molecule has 0 aliphatic rings. The number of hydrogen-bond donors (Lipinski definition) is 2. The van der Waals surface area contributed by atoms with Gasteiger partial charge in [0.15, 0.2) is 11.5 Å². The highest BCUT2D eigenvalue weighted by Crippen LogP contribution is 2.18. The normalized spacial score (nSPS) is 10.5. The van der Waals surface area contributed by atoms with Gasteiger partial charge in [0.1, 0.15) is 11.6 Å². The number of nitrogens with zero attached hydrogens (tertiary/aromatic N) is 2. The first-order chi connectivity index (χ1) is 12.5. The van der Waals surface area contributed by atoms with Crippen LogP contribution in [0.5, 0.6) is 0 Å². The van der Waals surface area contributed by atoms with Crippen LogP contribution in [0.4, 0.5) is 14.6 Å². The lowest BCUT2D eigenvalue weighted by atomic mass is 10.2. The summed E-state index contributed by atoms with van der Waals surface area (Å²) in [6, 6.07) is 11.4. The first kappa shape index (κ1) is 17.3. The number of anilines is 1. The molecular formula is C18H14F2N4O2. The summed E-state index contributed by atoms with van der Waals surface area (Å²) in [7, 11) is 0. The largest absolute Gasteiger partial charge is 0.364 e. The van der Waals surface area contributed by atoms with Crippen molar-refractivity contribution in [1.29, 1.82) is 0 Å². The lowest BCUT2D eigenvalue weighted by molar-refractivity contribution is 0.0992. The Labute approximate surface area is 147 Å². The van der Waals surface area contributed by atoms with Gasteiger partial charge in [0.25, 0.3) is 11.8 Å². The first-order valence-corrected chi connectivity index (χ1v) is 7.61. The van der Waals surface area contributed by atoms with Crippen LogP contribution in [-0.2, 0) is 6.54 Å². The Morgan fingerprint density at radius 3 is 2.35 bits per heavy atom. The SMILES string of the molecule is NC(=O)c1c(NC(=O)c2ccccc2F)ncn1Cc1ccccc1F. The number of carbonyl (C=O) groups is 2. The van der Waals surface area contributed by atoms with Crippen molar-refractivity contribution in [1.82, 2.24) is 9.55 Å². The number of nitrogens with one attached hydrogen (secondary N) is 1. The second kappa shape index (κ2) is 7.14. The van der Waals surface area contributed by atoms with Crippen LogP contribution in [0.25, 0.3) is 0 Å². The van der Waals surface area contributed by atoms with Crippen LogP contribution in [-0.4, -0.2) is 21.4 Å². The molecule has 2 amide bonds. The molecule has 26 heavy (non-hydrogen) atoms. The van der Waals surface area contributed by atoms with Gasteiger partial charge in [0.2, 0.25) is 0 Å². The summed E-state index contributed by atoms with van der Waals surface area (Å²) in [5.74, 6) is -2.92. The molecule has 0 saturated carbocycles. The van der Waals surface area contributed by atoms with Gasteiger partial charge in [-0.25, -0.2) is 13.8 Å². The maximum Gasteiger partial charge on any atom is 0.269 e. The van der Waals surface area contributed by atoms with Crippen molar-refractivity contribution < 1.29 is 18.4 Å². The number of nitrogens with two attached hydrogens (primary N) is 1. The Hall–Kier alpha value is -3.55. The van der Waals surface area contributed by atoms with E-state index >= 15 is 0 Å². The van der Waals surface area contributed by atoms with Gasteiger partial charge < -0.3 is 15.6 Å². The number of rotatable bonds is 5. The van der Waals surface area contributed by atoms with Crippen molar-refractivity contribution in [2.75, 3.05) is 5.32 Å². The van der Waals surface area contributed by atoms with E-state index in [-0.39, 0.29) is 23.6 Å². The quantitative estimate of drug-likeness (QED) is 0.736. The highest BCUT2D eigenvalue weighted by molar-refractivity contribution is 6.07. The Bertz CT molecular complexity index is 985. The fourth-order valence-electron chi connectivity index (χ4n) is 2.48. The van der Waals surface area contributed by atoms with E-state index in [2.05, 4.69) is 10.3 Å². The van der Waals surface area contributed by atoms with Gasteiger partial charge in [-0.2, -0.15) is 0 Å². The summed E-state index contributed by atoms with van der Waals surface area (Å²) < 4.78 is 28.9. The van der Waals surface area contributed by atoms with Crippen molar-refractivity contribution in [2.24, 2.45) is 5.73 Å². The fourth-order valence-corrected chi connectivity index (χ4v) is 2.48. The number of carbonyl (C=O) groups excluding carboxylic acids is 2. The number of benzene rings is 2. The molecule has 0 fully saturated rings. The average Bonchev–Trinajstić information content (AvgIpc) is 2.99. The zero-order valence-corrected chi connectivity index (χ0v) is 13.4. The lowest BCUT2D eigenvalue weighted by Gasteiger charge is -2.09. The molecule has 0 spiro atoms. The average molecular weight is 356 g/mol. The number of imidazole rings is 1. The van der Waals surface area contributed by atoms with Gasteiger partial charge in [-0.05, 0) is 18.2 Å². The van der Waals surface area contributed by atoms with E-state index in [0.717, 1.165) is 6.07 Å². The number of primary amides is 1. The maximum atomic E-state index is 13.8. The van der Waals surface area contributed by atoms with Crippen LogP contribution in [0, 0.1) is 11.6 Å². The first-order valence-electron chi connectivity index (χ1n) is 7.61. The van der Waals surface area contributed by atoms with E-state index in [1.54, 1.807) is 18.2 Å². The fraction of sp³-hybridized carbons (Fsp3) is 0.0556. The minimum Gasteiger partial charge on any atom is -0.364 e. The molecule has 132 valence electrons. The molecule has 1 aromatic heterocycles. The molecule has 1 heterocycles. The van der Waals surface area contributed by atoms with E-state index in [1.165, 1.54) is 35.2 Å². The van der Waals surface area contributed by atoms with Crippen LogP contribution in [0.3, 0.4) is 0 Å². The van der Waals surface area contributed by atoms with Gasteiger partial charge in [-0.1, -0.05) is 30.3 Å². The van der Waals surface area contributed by atoms with Gasteiger partial charge in [-0.15, -0.1) is 0 Å². The molecule has 8 heteroatoms. The summed E-state index contributed by atoms with van der Waals surface area (Å²) in [6.45, 7) is -0.00643. The molecule has 2 aromatic carbocycles. The molecule has 3 aromatic rings. The molecule has 3 N–H and O–H groups in total. The van der Waals surface area contributed by atoms with Crippen LogP contribution in [0.2, 0.25) is 0 Å². The predicted octanol–water partition coefficient (Wildman–Crippen LogP) is 2.56. The Kier molecular flexibility index (Phi) is 4.74. The molecule has 0 saturated heterocycles. The predicted molar refractivity (Wildman–Crippen MR) is 90.6 cm³/mol. The topological polar surface area (TPSA) is 90.0 Å². The van der Waals surface area contributed by atoms with Crippen molar-refractivity contribution >= 4 is 17.6 Å². The summed E-state index contributed by atoms with van der Waals surface area (Å²) in [4.78, 5) is 28.0. The standard InChI is InChI=1S/C18H14F2N4O2/c19-13-7-3-1-5-11(13)9-24-10-22-17(15(24)16(21)25)23-18(26)12-6-2-4-8-14(12)20/h1-8,10H,9H2,(H2,21,25)(H,23,26). The molecule has 0 bridgehead atoms. The number of halogens is 2. The lowest BCUT2D eigenvalue weighted by Crippen LogP contribution is -2.22. The summed E-state index contributed by atoms with van der Waals surface area (Å²) in [6.07, 6.45) is 1.25. The van der Waals surface area contributed by atoms with E-state index in [0.29, 0.717) is 5.56 Å². The van der Waals surface area contributed by atoms with E-state index in [4.69, 9.17) is 5.73 Å². The number of aromatic nitrogens is 2. The Morgan fingerprint density at radius 1 is 1.04 bits per heavy atom. The van der Waals surface area contributed by atoms with Crippen LogP contribution < -0.4 is 11.1 Å². The van der Waals surface area contributed by atoms with Crippen LogP contribution in [0.1, 0.15) is 26.4 Å². The molecule has 0 unspecified atom stereocenters. The third-order valence-electron chi connectivity index (χ3n) is 3.72. The maximum absolute atomic E-state index is 13.8. The minimum atomic E-state index is -0.859. The third kappa shape index (κ3) is 3.44. The summed E-state index contributed by atoms with van der Waals surface area (Å²) in [5.41, 5.74) is 5.38. The molecule has 3 rings (SSSR count). The molecule has 0 atom stereocenters. The Balaban J connectivity index is 1.91. The Morgan fingerprint density at radius 2 is 1.69 bits per heavy atom. The van der Waals surface area contributed by atoms with E-state index < -0.39 is 23.4 Å². The van der Waals surface area contributed by atoms with Crippen molar-refractivity contribution in [3.8, 4) is 0 Å². The highest BCUT2D eigenvalue weighted by atomic mass is 19.1. The summed E-state index contributed by atoms with van der Waals surface area (Å²) in [5, 5.41) is 2.36. The number of amides is 2. The third-order valence-corrected chi connectivity index (χ3v) is 3.72. The molecule has 0 radical (unpaired) electrons. The zero-order chi connectivity index (χ0) is 18.7. The summed E-state index contributed by atoms with van der Waals surface area (Å²) >= 11 is 0. The van der Waals surface area contributed by atoms with Crippen molar-refractivity contribution in [3.05, 3.63) is 83.3 Å². The highest BCUT2D eigenvalue weighted by Gasteiger charge is 2.20. The molecule has 0 aliphatic heterocycles. The van der Waals surface area contributed by atoms with Gasteiger partial charge in [0.05, 0.1) is 18.4 Å². The zero-order valence-electron chi connectivity index (χ0n) is 13.4. The second-order valence-electron chi connectivity index (χ2n) is 5.46. The van der Waals surface area contributed by atoms with Crippen molar-refractivity contribution in [3.63, 3.8) is 0 Å².